The monoisotopic (exact) mass is 575 g/mol. The molecule has 40 heavy (non-hydrogen) atoms. The van der Waals surface area contributed by atoms with E-state index in [4.69, 9.17) is 4.74 Å². The number of ether oxygens (including phenoxy) is 1. The van der Waals surface area contributed by atoms with E-state index in [1.165, 1.54) is 23.9 Å². The average molecular weight is 576 g/mol. The van der Waals surface area contributed by atoms with E-state index in [0.29, 0.717) is 17.0 Å². The Balaban J connectivity index is 1.62. The molecule has 220 valence electrons. The van der Waals surface area contributed by atoms with Crippen molar-refractivity contribution >= 4 is 27.5 Å². The second-order valence-electron chi connectivity index (χ2n) is 11.2. The molecule has 1 aromatic carbocycles. The number of hydrogen-bond acceptors (Lipinski definition) is 7. The number of amides is 2. The number of carbonyl (C=O) groups excluding carboxylic acids is 2. The molecule has 1 aliphatic carbocycles. The first-order chi connectivity index (χ1) is 19.0. The van der Waals surface area contributed by atoms with Crippen molar-refractivity contribution < 1.29 is 27.9 Å². The lowest BCUT2D eigenvalue weighted by atomic mass is 9.88. The molecule has 0 radical (unpaired) electrons. The summed E-state index contributed by atoms with van der Waals surface area (Å²) < 4.78 is 35.6. The van der Waals surface area contributed by atoms with Crippen LogP contribution in [0.2, 0.25) is 0 Å². The van der Waals surface area contributed by atoms with E-state index in [9.17, 15) is 23.1 Å². The molecule has 0 bridgehead atoms. The predicted octanol–water partition coefficient (Wildman–Crippen LogP) is 2.41. The van der Waals surface area contributed by atoms with Gasteiger partial charge in [-0.05, 0) is 38.0 Å². The lowest BCUT2D eigenvalue weighted by Gasteiger charge is -2.33. The second-order valence-corrected chi connectivity index (χ2v) is 13.2. The minimum Gasteiger partial charge on any atom is -0.488 e. The maximum atomic E-state index is 13.4. The average Bonchev–Trinajstić information content (AvgIpc) is 3.40. The molecule has 12 heteroatoms. The molecule has 0 saturated heterocycles. The van der Waals surface area contributed by atoms with Crippen molar-refractivity contribution in [2.24, 2.45) is 18.9 Å². The van der Waals surface area contributed by atoms with Gasteiger partial charge >= 0.3 is 0 Å². The summed E-state index contributed by atoms with van der Waals surface area (Å²) in [5.74, 6) is -0.0130. The van der Waals surface area contributed by atoms with Crippen LogP contribution in [0.25, 0.3) is 0 Å². The van der Waals surface area contributed by atoms with Gasteiger partial charge in [0.15, 0.2) is 5.03 Å². The van der Waals surface area contributed by atoms with Crippen molar-refractivity contribution in [3.8, 4) is 5.75 Å². The summed E-state index contributed by atoms with van der Waals surface area (Å²) in [6.45, 7) is 3.78. The van der Waals surface area contributed by atoms with Crippen LogP contribution in [0.4, 0.5) is 5.69 Å². The fourth-order valence-corrected chi connectivity index (χ4v) is 6.51. The first kappa shape index (κ1) is 30.0. The van der Waals surface area contributed by atoms with Gasteiger partial charge in [0.05, 0.1) is 31.9 Å². The molecule has 3 atom stereocenters. The Labute approximate surface area is 236 Å². The topological polar surface area (TPSA) is 134 Å². The number of sulfonamides is 1. The zero-order chi connectivity index (χ0) is 29.0. The van der Waals surface area contributed by atoms with Gasteiger partial charge in [-0.25, -0.2) is 13.4 Å². The molecule has 11 nitrogen and oxygen atoms in total. The zero-order valence-corrected chi connectivity index (χ0v) is 24.6. The summed E-state index contributed by atoms with van der Waals surface area (Å²) in [7, 11) is -0.688. The van der Waals surface area contributed by atoms with Crippen LogP contribution < -0.4 is 10.1 Å². The van der Waals surface area contributed by atoms with Gasteiger partial charge in [-0.3, -0.25) is 9.59 Å². The number of nitrogens with zero attached hydrogens (tertiary/aromatic N) is 4. The van der Waals surface area contributed by atoms with Gasteiger partial charge in [-0.15, -0.1) is 0 Å². The van der Waals surface area contributed by atoms with E-state index in [1.54, 1.807) is 41.6 Å². The highest BCUT2D eigenvalue weighted by molar-refractivity contribution is 7.89. The van der Waals surface area contributed by atoms with Gasteiger partial charge in [0.1, 0.15) is 11.9 Å². The number of likely N-dealkylation sites (N-methyl/N-ethyl adjacent to an activating group) is 1. The van der Waals surface area contributed by atoms with Crippen LogP contribution in [0.15, 0.2) is 35.7 Å². The van der Waals surface area contributed by atoms with E-state index in [-0.39, 0.29) is 54.8 Å². The highest BCUT2D eigenvalue weighted by atomic mass is 32.2. The molecular weight excluding hydrogens is 534 g/mol. The lowest BCUT2D eigenvalue weighted by Crippen LogP contribution is -2.48. The molecule has 0 unspecified atom stereocenters. The number of aryl methyl sites for hydroxylation is 1. The van der Waals surface area contributed by atoms with Crippen molar-refractivity contribution in [3.05, 3.63) is 36.3 Å². The van der Waals surface area contributed by atoms with E-state index >= 15 is 0 Å². The second kappa shape index (κ2) is 12.7. The molecule has 1 aromatic heterocycles. The maximum Gasteiger partial charge on any atom is 0.261 e. The number of aromatic nitrogens is 2. The molecule has 1 saturated carbocycles. The number of fused-ring (bicyclic) bond motifs is 1. The summed E-state index contributed by atoms with van der Waals surface area (Å²) in [5, 5.41) is 12.8. The quantitative estimate of drug-likeness (QED) is 0.494. The number of nitrogens with one attached hydrogen (secondary N) is 1. The standard InChI is InChI=1S/C28H41N5O6S/c1-19-14-33(20(2)17-34)27(35)13-22-12-23(30-28(36)21-8-6-5-7-9-21)10-11-24(22)39-25(19)15-32(4)40(37,38)26-16-31(3)18-29-26/h10-12,16,18-21,25,34H,5-9,13-15,17H2,1-4H3,(H,30,36)/t19-,20-,25+/m1/s1. The Morgan fingerprint density at radius 1 is 1.27 bits per heavy atom. The fourth-order valence-electron chi connectivity index (χ4n) is 5.37. The Morgan fingerprint density at radius 3 is 2.65 bits per heavy atom. The summed E-state index contributed by atoms with van der Waals surface area (Å²) in [6.07, 6.45) is 7.30. The van der Waals surface area contributed by atoms with Crippen molar-refractivity contribution in [1.82, 2.24) is 18.8 Å². The van der Waals surface area contributed by atoms with Crippen LogP contribution in [-0.4, -0.2) is 83.0 Å². The molecule has 2 amide bonds. The Hall–Kier alpha value is -2.96. The van der Waals surface area contributed by atoms with Gasteiger partial charge in [-0.1, -0.05) is 26.2 Å². The summed E-state index contributed by atoms with van der Waals surface area (Å²) >= 11 is 0. The van der Waals surface area contributed by atoms with Crippen molar-refractivity contribution in [2.75, 3.05) is 32.1 Å². The number of hydrogen-bond donors (Lipinski definition) is 2. The first-order valence-corrected chi connectivity index (χ1v) is 15.4. The number of imidazole rings is 1. The molecule has 4 rings (SSSR count). The van der Waals surface area contributed by atoms with Crippen LogP contribution in [-0.2, 0) is 33.1 Å². The van der Waals surface area contributed by atoms with Crippen LogP contribution in [0.5, 0.6) is 5.75 Å². The van der Waals surface area contributed by atoms with E-state index in [1.807, 2.05) is 6.92 Å². The number of benzene rings is 1. The maximum absolute atomic E-state index is 13.4. The third kappa shape index (κ3) is 6.84. The minimum absolute atomic E-state index is 0.0143. The first-order valence-electron chi connectivity index (χ1n) is 13.9. The Morgan fingerprint density at radius 2 is 2.00 bits per heavy atom. The molecule has 2 heterocycles. The largest absolute Gasteiger partial charge is 0.488 e. The molecule has 2 aromatic rings. The Bertz CT molecular complexity index is 1310. The number of carbonyl (C=O) groups is 2. The number of anilines is 1. The normalized spacial score (nSPS) is 21.6. The van der Waals surface area contributed by atoms with Gasteiger partial charge in [-0.2, -0.15) is 4.31 Å². The molecule has 1 fully saturated rings. The van der Waals surface area contributed by atoms with Gasteiger partial charge in [0.2, 0.25) is 11.8 Å². The molecule has 2 aliphatic rings. The molecular formula is C28H41N5O6S. The third-order valence-corrected chi connectivity index (χ3v) is 9.66. The van der Waals surface area contributed by atoms with Gasteiger partial charge in [0.25, 0.3) is 10.0 Å². The van der Waals surface area contributed by atoms with Gasteiger partial charge < -0.3 is 24.6 Å². The molecule has 1 aliphatic heterocycles. The van der Waals surface area contributed by atoms with E-state index in [0.717, 1.165) is 32.1 Å². The number of rotatable bonds is 8. The number of aliphatic hydroxyl groups excluding tert-OH is 1. The fraction of sp³-hybridized carbons (Fsp3) is 0.607. The third-order valence-electron chi connectivity index (χ3n) is 7.95. The number of aliphatic hydroxyl groups is 1. The Kier molecular flexibility index (Phi) is 9.52. The summed E-state index contributed by atoms with van der Waals surface area (Å²) in [5.41, 5.74) is 1.18. The SMILES string of the molecule is C[C@@H]1CN([C@H](C)CO)C(=O)Cc2cc(NC(=O)C3CCCCC3)ccc2O[C@H]1CN(C)S(=O)(=O)c1cn(C)cn1. The van der Waals surface area contributed by atoms with Crippen molar-refractivity contribution in [2.45, 2.75) is 69.5 Å². The highest BCUT2D eigenvalue weighted by Crippen LogP contribution is 2.31. The highest BCUT2D eigenvalue weighted by Gasteiger charge is 2.34. The van der Waals surface area contributed by atoms with Crippen molar-refractivity contribution in [1.29, 1.82) is 0 Å². The molecule has 2 N–H and O–H groups in total. The predicted molar refractivity (Wildman–Crippen MR) is 150 cm³/mol. The van der Waals surface area contributed by atoms with Crippen LogP contribution in [0, 0.1) is 11.8 Å². The van der Waals surface area contributed by atoms with Crippen LogP contribution in [0.3, 0.4) is 0 Å². The minimum atomic E-state index is -3.87. The molecule has 0 spiro atoms. The van der Waals surface area contributed by atoms with Crippen molar-refractivity contribution in [3.63, 3.8) is 0 Å². The lowest BCUT2D eigenvalue weighted by molar-refractivity contribution is -0.134. The van der Waals surface area contributed by atoms with E-state index < -0.39 is 22.2 Å². The van der Waals surface area contributed by atoms with Gasteiger partial charge in [0, 0.05) is 49.9 Å². The smallest absolute Gasteiger partial charge is 0.261 e. The summed E-state index contributed by atoms with van der Waals surface area (Å²) in [6, 6.07) is 4.82. The van der Waals surface area contributed by atoms with Crippen LogP contribution >= 0.6 is 0 Å². The van der Waals surface area contributed by atoms with E-state index in [2.05, 4.69) is 10.3 Å². The zero-order valence-electron chi connectivity index (χ0n) is 23.7. The van der Waals surface area contributed by atoms with Crippen LogP contribution in [0.1, 0.15) is 51.5 Å². The summed E-state index contributed by atoms with van der Waals surface area (Å²) in [4.78, 5) is 31.9.